The van der Waals surface area contributed by atoms with E-state index >= 15 is 0 Å². The van der Waals surface area contributed by atoms with Crippen LogP contribution in [0.5, 0.6) is 5.75 Å². The molecule has 0 aliphatic heterocycles. The van der Waals surface area contributed by atoms with E-state index in [4.69, 9.17) is 4.74 Å². The zero-order chi connectivity index (χ0) is 16.5. The Hall–Kier alpha value is -1.82. The summed E-state index contributed by atoms with van der Waals surface area (Å²) in [6.45, 7) is 5.83. The Morgan fingerprint density at radius 2 is 2.00 bits per heavy atom. The molecular weight excluding hydrogens is 310 g/mol. The van der Waals surface area contributed by atoms with Crippen LogP contribution in [0, 0.1) is 0 Å². The van der Waals surface area contributed by atoms with Crippen molar-refractivity contribution < 1.29 is 9.53 Å². The molecule has 1 heterocycles. The largest absolute Gasteiger partial charge is 0.494 e. The van der Waals surface area contributed by atoms with Crippen molar-refractivity contribution in [2.24, 2.45) is 0 Å². The van der Waals surface area contributed by atoms with Gasteiger partial charge in [-0.1, -0.05) is 18.7 Å². The van der Waals surface area contributed by atoms with Gasteiger partial charge in [0.05, 0.1) is 6.61 Å². The van der Waals surface area contributed by atoms with Crippen molar-refractivity contribution in [3.63, 3.8) is 0 Å². The van der Waals surface area contributed by atoms with Crippen LogP contribution in [0.15, 0.2) is 29.4 Å². The van der Waals surface area contributed by atoms with Gasteiger partial charge in [-0.15, -0.1) is 10.2 Å². The first-order chi connectivity index (χ1) is 11.3. The van der Waals surface area contributed by atoms with Gasteiger partial charge in [-0.3, -0.25) is 4.79 Å². The van der Waals surface area contributed by atoms with E-state index in [9.17, 15) is 4.79 Å². The fourth-order valence-electron chi connectivity index (χ4n) is 2.21. The van der Waals surface area contributed by atoms with E-state index in [-0.39, 0.29) is 0 Å². The fourth-order valence-corrected chi connectivity index (χ4v) is 3.14. The van der Waals surface area contributed by atoms with Gasteiger partial charge in [-0.2, -0.15) is 0 Å². The van der Waals surface area contributed by atoms with Crippen LogP contribution in [-0.2, 0) is 13.0 Å². The lowest BCUT2D eigenvalue weighted by Gasteiger charge is -2.07. The Kier molecular flexibility index (Phi) is 7.13. The Balaban J connectivity index is 1.73. The maximum Gasteiger partial charge on any atom is 0.191 e. The molecule has 0 saturated heterocycles. The maximum absolute atomic E-state index is 10.6. The zero-order valence-corrected chi connectivity index (χ0v) is 14.5. The first-order valence-electron chi connectivity index (χ1n) is 8.01. The molecule has 0 atom stereocenters. The van der Waals surface area contributed by atoms with Gasteiger partial charge in [0.1, 0.15) is 17.9 Å². The highest BCUT2D eigenvalue weighted by Gasteiger charge is 2.10. The molecule has 0 N–H and O–H groups in total. The van der Waals surface area contributed by atoms with E-state index in [2.05, 4.69) is 28.6 Å². The summed E-state index contributed by atoms with van der Waals surface area (Å²) in [5.41, 5.74) is 0.662. The van der Waals surface area contributed by atoms with Crippen LogP contribution in [-0.4, -0.2) is 33.4 Å². The summed E-state index contributed by atoms with van der Waals surface area (Å²) < 4.78 is 7.86. The van der Waals surface area contributed by atoms with Gasteiger partial charge in [0.25, 0.3) is 0 Å². The molecular formula is C17H23N3O2S. The number of ether oxygens (including phenoxy) is 1. The van der Waals surface area contributed by atoms with Crippen molar-refractivity contribution in [1.29, 1.82) is 0 Å². The van der Waals surface area contributed by atoms with Crippen molar-refractivity contribution in [3.05, 3.63) is 35.7 Å². The molecule has 1 aromatic heterocycles. The number of hydrogen-bond donors (Lipinski definition) is 0. The SMILES string of the molecule is CCCc1nnc(SCCCOc2ccc(C=O)cc2)n1CC. The topological polar surface area (TPSA) is 57.0 Å². The molecule has 0 aliphatic carbocycles. The zero-order valence-electron chi connectivity index (χ0n) is 13.7. The quantitative estimate of drug-likeness (QED) is 0.377. The standard InChI is InChI=1S/C17H23N3O2S/c1-3-6-16-18-19-17(20(16)4-2)23-12-5-11-22-15-9-7-14(13-21)8-10-15/h7-10,13H,3-6,11-12H2,1-2H3. The molecule has 0 bridgehead atoms. The van der Waals surface area contributed by atoms with Gasteiger partial charge in [0.2, 0.25) is 0 Å². The highest BCUT2D eigenvalue weighted by atomic mass is 32.2. The monoisotopic (exact) mass is 333 g/mol. The Labute approximate surface area is 141 Å². The van der Waals surface area contributed by atoms with Gasteiger partial charge in [0, 0.05) is 24.3 Å². The molecule has 6 heteroatoms. The van der Waals surface area contributed by atoms with Crippen LogP contribution in [0.3, 0.4) is 0 Å². The van der Waals surface area contributed by atoms with Crippen LogP contribution in [0.25, 0.3) is 0 Å². The van der Waals surface area contributed by atoms with Crippen LogP contribution < -0.4 is 4.74 Å². The van der Waals surface area contributed by atoms with Gasteiger partial charge in [0.15, 0.2) is 5.16 Å². The van der Waals surface area contributed by atoms with E-state index in [1.165, 1.54) is 0 Å². The second kappa shape index (κ2) is 9.35. The molecule has 0 saturated carbocycles. The van der Waals surface area contributed by atoms with E-state index in [0.717, 1.165) is 54.6 Å². The minimum Gasteiger partial charge on any atom is -0.494 e. The second-order valence-electron chi connectivity index (χ2n) is 5.13. The summed E-state index contributed by atoms with van der Waals surface area (Å²) in [6.07, 6.45) is 3.82. The molecule has 0 fully saturated rings. The lowest BCUT2D eigenvalue weighted by Crippen LogP contribution is -2.04. The van der Waals surface area contributed by atoms with E-state index in [1.54, 1.807) is 23.9 Å². The van der Waals surface area contributed by atoms with E-state index < -0.39 is 0 Å². The molecule has 1 aromatic carbocycles. The predicted molar refractivity (Wildman–Crippen MR) is 92.4 cm³/mol. The molecule has 2 rings (SSSR count). The number of thioether (sulfide) groups is 1. The number of rotatable bonds is 10. The van der Waals surface area contributed by atoms with Crippen LogP contribution in [0.2, 0.25) is 0 Å². The first kappa shape index (κ1) is 17.5. The number of hydrogen-bond acceptors (Lipinski definition) is 5. The summed E-state index contributed by atoms with van der Waals surface area (Å²) in [5, 5.41) is 9.55. The molecule has 0 spiro atoms. The normalized spacial score (nSPS) is 10.7. The van der Waals surface area contributed by atoms with Crippen molar-refractivity contribution in [2.45, 2.75) is 44.8 Å². The summed E-state index contributed by atoms with van der Waals surface area (Å²) in [4.78, 5) is 10.6. The molecule has 0 amide bonds. The predicted octanol–water partition coefficient (Wildman–Crippen LogP) is 3.62. The minimum atomic E-state index is 0.648. The molecule has 2 aromatic rings. The van der Waals surface area contributed by atoms with Crippen molar-refractivity contribution >= 4 is 18.0 Å². The average molecular weight is 333 g/mol. The van der Waals surface area contributed by atoms with Gasteiger partial charge in [-0.05, 0) is 44.0 Å². The van der Waals surface area contributed by atoms with Gasteiger partial charge in [-0.25, -0.2) is 0 Å². The van der Waals surface area contributed by atoms with Crippen LogP contribution in [0.4, 0.5) is 0 Å². The molecule has 124 valence electrons. The Bertz CT molecular complexity index is 611. The molecule has 23 heavy (non-hydrogen) atoms. The molecule has 0 radical (unpaired) electrons. The Morgan fingerprint density at radius 1 is 1.22 bits per heavy atom. The number of benzene rings is 1. The average Bonchev–Trinajstić information content (AvgIpc) is 2.97. The smallest absolute Gasteiger partial charge is 0.191 e. The number of aromatic nitrogens is 3. The first-order valence-corrected chi connectivity index (χ1v) is 9.00. The number of nitrogens with zero attached hydrogens (tertiary/aromatic N) is 3. The second-order valence-corrected chi connectivity index (χ2v) is 6.19. The fraction of sp³-hybridized carbons (Fsp3) is 0.471. The summed E-state index contributed by atoms with van der Waals surface area (Å²) in [7, 11) is 0. The van der Waals surface area contributed by atoms with Crippen molar-refractivity contribution in [1.82, 2.24) is 14.8 Å². The summed E-state index contributed by atoms with van der Waals surface area (Å²) in [5.74, 6) is 2.81. The van der Waals surface area contributed by atoms with E-state index in [0.29, 0.717) is 12.2 Å². The Morgan fingerprint density at radius 3 is 2.65 bits per heavy atom. The lowest BCUT2D eigenvalue weighted by molar-refractivity contribution is 0.112. The summed E-state index contributed by atoms with van der Waals surface area (Å²) in [6, 6.07) is 7.16. The highest BCUT2D eigenvalue weighted by molar-refractivity contribution is 7.99. The highest BCUT2D eigenvalue weighted by Crippen LogP contribution is 2.19. The maximum atomic E-state index is 10.6. The van der Waals surface area contributed by atoms with Gasteiger partial charge < -0.3 is 9.30 Å². The third-order valence-electron chi connectivity index (χ3n) is 3.39. The minimum absolute atomic E-state index is 0.648. The number of carbonyl (C=O) groups is 1. The van der Waals surface area contributed by atoms with Crippen LogP contribution >= 0.6 is 11.8 Å². The third kappa shape index (κ3) is 5.10. The molecule has 5 nitrogen and oxygen atoms in total. The third-order valence-corrected chi connectivity index (χ3v) is 4.44. The lowest BCUT2D eigenvalue weighted by atomic mass is 10.2. The van der Waals surface area contributed by atoms with Crippen molar-refractivity contribution in [3.8, 4) is 5.75 Å². The van der Waals surface area contributed by atoms with Crippen molar-refractivity contribution in [2.75, 3.05) is 12.4 Å². The number of aldehydes is 1. The van der Waals surface area contributed by atoms with Gasteiger partial charge >= 0.3 is 0 Å². The summed E-state index contributed by atoms with van der Waals surface area (Å²) >= 11 is 1.72. The number of carbonyl (C=O) groups excluding carboxylic acids is 1. The molecule has 0 unspecified atom stereocenters. The van der Waals surface area contributed by atoms with E-state index in [1.807, 2.05) is 12.1 Å². The van der Waals surface area contributed by atoms with Crippen LogP contribution in [0.1, 0.15) is 42.9 Å². The molecule has 0 aliphatic rings. The number of aryl methyl sites for hydroxylation is 1.